The van der Waals surface area contributed by atoms with E-state index in [9.17, 15) is 0 Å². The van der Waals surface area contributed by atoms with Crippen molar-refractivity contribution in [1.29, 1.82) is 0 Å². The molecule has 0 aliphatic carbocycles. The second-order valence-corrected chi connectivity index (χ2v) is 5.38. The van der Waals surface area contributed by atoms with Crippen molar-refractivity contribution in [3.8, 4) is 0 Å². The van der Waals surface area contributed by atoms with Crippen LogP contribution in [0.1, 0.15) is 16.5 Å². The van der Waals surface area contributed by atoms with Crippen molar-refractivity contribution in [2.75, 3.05) is 13.2 Å². The fourth-order valence-electron chi connectivity index (χ4n) is 1.53. The van der Waals surface area contributed by atoms with Crippen LogP contribution in [0.3, 0.4) is 0 Å². The minimum absolute atomic E-state index is 0.149. The standard InChI is InChI=1S/C8H10BrNOS/c9-8-3-5-6(4-11)10-2-1-7(5)12-8/h3,6,10-11H,1-2,4H2. The van der Waals surface area contributed by atoms with Crippen LogP contribution in [0.2, 0.25) is 0 Å². The van der Waals surface area contributed by atoms with Crippen LogP contribution in [0.4, 0.5) is 0 Å². The minimum Gasteiger partial charge on any atom is -0.394 e. The average molecular weight is 248 g/mol. The van der Waals surface area contributed by atoms with Gasteiger partial charge in [0.2, 0.25) is 0 Å². The van der Waals surface area contributed by atoms with Crippen LogP contribution in [0.15, 0.2) is 9.85 Å². The molecule has 1 aromatic heterocycles. The Morgan fingerprint density at radius 1 is 1.75 bits per heavy atom. The van der Waals surface area contributed by atoms with Gasteiger partial charge in [-0.2, -0.15) is 0 Å². The second-order valence-electron chi connectivity index (χ2n) is 2.87. The predicted molar refractivity (Wildman–Crippen MR) is 53.6 cm³/mol. The first kappa shape index (κ1) is 8.69. The summed E-state index contributed by atoms with van der Waals surface area (Å²) in [5.41, 5.74) is 1.26. The second kappa shape index (κ2) is 3.46. The van der Waals surface area contributed by atoms with Gasteiger partial charge in [0.15, 0.2) is 0 Å². The first-order valence-corrected chi connectivity index (χ1v) is 5.54. The molecule has 0 spiro atoms. The zero-order valence-electron chi connectivity index (χ0n) is 6.51. The molecular formula is C8H10BrNOS. The van der Waals surface area contributed by atoms with Crippen molar-refractivity contribution in [3.63, 3.8) is 0 Å². The molecule has 1 aliphatic heterocycles. The van der Waals surface area contributed by atoms with Gasteiger partial charge in [-0.1, -0.05) is 0 Å². The van der Waals surface area contributed by atoms with Gasteiger partial charge in [-0.05, 0) is 34.0 Å². The van der Waals surface area contributed by atoms with E-state index in [2.05, 4.69) is 27.3 Å². The van der Waals surface area contributed by atoms with Gasteiger partial charge < -0.3 is 10.4 Å². The Hall–Kier alpha value is 0.100. The minimum atomic E-state index is 0.149. The molecular weight excluding hydrogens is 238 g/mol. The van der Waals surface area contributed by atoms with E-state index < -0.39 is 0 Å². The normalized spacial score (nSPS) is 22.3. The molecule has 1 unspecified atom stereocenters. The highest BCUT2D eigenvalue weighted by Gasteiger charge is 2.20. The molecule has 1 atom stereocenters. The summed E-state index contributed by atoms with van der Waals surface area (Å²) in [7, 11) is 0. The lowest BCUT2D eigenvalue weighted by Gasteiger charge is -2.21. The fourth-order valence-corrected chi connectivity index (χ4v) is 3.31. The van der Waals surface area contributed by atoms with Crippen molar-refractivity contribution in [3.05, 3.63) is 20.3 Å². The highest BCUT2D eigenvalue weighted by Crippen LogP contribution is 2.33. The third kappa shape index (κ3) is 1.44. The number of thiophene rings is 1. The molecule has 1 aromatic rings. The molecule has 0 saturated carbocycles. The van der Waals surface area contributed by atoms with Crippen LogP contribution in [0, 0.1) is 0 Å². The summed E-state index contributed by atoms with van der Waals surface area (Å²) in [6.45, 7) is 1.17. The Morgan fingerprint density at radius 2 is 2.58 bits per heavy atom. The lowest BCUT2D eigenvalue weighted by molar-refractivity contribution is 0.241. The quantitative estimate of drug-likeness (QED) is 0.792. The van der Waals surface area contributed by atoms with Crippen LogP contribution >= 0.6 is 27.3 Å². The van der Waals surface area contributed by atoms with E-state index >= 15 is 0 Å². The molecule has 12 heavy (non-hydrogen) atoms. The Balaban J connectivity index is 2.36. The van der Waals surface area contributed by atoms with Gasteiger partial charge in [0.1, 0.15) is 0 Å². The number of hydrogen-bond donors (Lipinski definition) is 2. The number of rotatable bonds is 1. The van der Waals surface area contributed by atoms with Crippen molar-refractivity contribution in [2.24, 2.45) is 0 Å². The molecule has 0 aromatic carbocycles. The van der Waals surface area contributed by atoms with Crippen molar-refractivity contribution < 1.29 is 5.11 Å². The van der Waals surface area contributed by atoms with Crippen molar-refractivity contribution >= 4 is 27.3 Å². The third-order valence-corrected chi connectivity index (χ3v) is 3.83. The number of fused-ring (bicyclic) bond motifs is 1. The van der Waals surface area contributed by atoms with Crippen LogP contribution in [-0.4, -0.2) is 18.3 Å². The Bertz CT molecular complexity index is 287. The van der Waals surface area contributed by atoms with Crippen molar-refractivity contribution in [2.45, 2.75) is 12.5 Å². The molecule has 4 heteroatoms. The van der Waals surface area contributed by atoms with Crippen LogP contribution in [0.5, 0.6) is 0 Å². The molecule has 2 N–H and O–H groups in total. The molecule has 2 rings (SSSR count). The highest BCUT2D eigenvalue weighted by atomic mass is 79.9. The van der Waals surface area contributed by atoms with Crippen LogP contribution < -0.4 is 5.32 Å². The first-order chi connectivity index (χ1) is 5.81. The molecule has 0 amide bonds. The molecule has 2 nitrogen and oxygen atoms in total. The van der Waals surface area contributed by atoms with E-state index in [-0.39, 0.29) is 12.6 Å². The molecule has 1 aliphatic rings. The largest absolute Gasteiger partial charge is 0.394 e. The van der Waals surface area contributed by atoms with Gasteiger partial charge in [0, 0.05) is 11.4 Å². The number of aliphatic hydroxyl groups excluding tert-OH is 1. The summed E-state index contributed by atoms with van der Waals surface area (Å²) in [6.07, 6.45) is 1.09. The summed E-state index contributed by atoms with van der Waals surface area (Å²) in [4.78, 5) is 1.40. The summed E-state index contributed by atoms with van der Waals surface area (Å²) < 4.78 is 1.16. The number of aliphatic hydroxyl groups is 1. The monoisotopic (exact) mass is 247 g/mol. The van der Waals surface area contributed by atoms with Gasteiger partial charge in [-0.25, -0.2) is 0 Å². The van der Waals surface area contributed by atoms with E-state index in [0.717, 1.165) is 16.8 Å². The zero-order chi connectivity index (χ0) is 8.55. The lowest BCUT2D eigenvalue weighted by Crippen LogP contribution is -2.30. The first-order valence-electron chi connectivity index (χ1n) is 3.93. The maximum atomic E-state index is 9.07. The maximum Gasteiger partial charge on any atom is 0.0704 e. The Kier molecular flexibility index (Phi) is 2.50. The zero-order valence-corrected chi connectivity index (χ0v) is 8.91. The molecule has 66 valence electrons. The topological polar surface area (TPSA) is 32.3 Å². The number of halogens is 1. The number of hydrogen-bond acceptors (Lipinski definition) is 3. The van der Waals surface area contributed by atoms with Gasteiger partial charge in [0.25, 0.3) is 0 Å². The van der Waals surface area contributed by atoms with Crippen LogP contribution in [0.25, 0.3) is 0 Å². The molecule has 0 bridgehead atoms. The Labute approximate surface area is 83.7 Å². The van der Waals surface area contributed by atoms with E-state index in [1.165, 1.54) is 10.4 Å². The molecule has 0 radical (unpaired) electrons. The summed E-state index contributed by atoms with van der Waals surface area (Å²) in [6, 6.07) is 2.25. The molecule has 0 saturated heterocycles. The van der Waals surface area contributed by atoms with E-state index in [0.29, 0.717) is 0 Å². The maximum absolute atomic E-state index is 9.07. The molecule has 2 heterocycles. The van der Waals surface area contributed by atoms with Gasteiger partial charge >= 0.3 is 0 Å². The predicted octanol–water partition coefficient (Wildman–Crippen LogP) is 1.69. The fraction of sp³-hybridized carbons (Fsp3) is 0.500. The SMILES string of the molecule is OCC1NCCc2sc(Br)cc21. The van der Waals surface area contributed by atoms with Gasteiger partial charge in [-0.3, -0.25) is 0 Å². The van der Waals surface area contributed by atoms with Gasteiger partial charge in [0.05, 0.1) is 16.4 Å². The average Bonchev–Trinajstić information content (AvgIpc) is 2.44. The lowest BCUT2D eigenvalue weighted by atomic mass is 10.0. The smallest absolute Gasteiger partial charge is 0.0704 e. The Morgan fingerprint density at radius 3 is 3.33 bits per heavy atom. The third-order valence-electron chi connectivity index (χ3n) is 2.11. The van der Waals surface area contributed by atoms with E-state index in [4.69, 9.17) is 5.11 Å². The van der Waals surface area contributed by atoms with E-state index in [1.54, 1.807) is 11.3 Å². The summed E-state index contributed by atoms with van der Waals surface area (Å²) in [5, 5.41) is 12.3. The van der Waals surface area contributed by atoms with Gasteiger partial charge in [-0.15, -0.1) is 11.3 Å². The van der Waals surface area contributed by atoms with E-state index in [1.807, 2.05) is 0 Å². The summed E-state index contributed by atoms with van der Waals surface area (Å²) in [5.74, 6) is 0. The number of nitrogens with one attached hydrogen (secondary N) is 1. The van der Waals surface area contributed by atoms with Crippen molar-refractivity contribution in [1.82, 2.24) is 5.32 Å². The van der Waals surface area contributed by atoms with Crippen LogP contribution in [-0.2, 0) is 6.42 Å². The summed E-state index contributed by atoms with van der Waals surface area (Å²) >= 11 is 5.23. The highest BCUT2D eigenvalue weighted by molar-refractivity contribution is 9.11. The molecule has 0 fully saturated rings.